The van der Waals surface area contributed by atoms with Crippen LogP contribution in [0.5, 0.6) is 11.5 Å². The van der Waals surface area contributed by atoms with E-state index in [-0.39, 0.29) is 12.7 Å². The first-order chi connectivity index (χ1) is 8.84. The van der Waals surface area contributed by atoms with Gasteiger partial charge in [-0.05, 0) is 31.5 Å². The van der Waals surface area contributed by atoms with Gasteiger partial charge in [-0.2, -0.15) is 0 Å². The number of nitrogens with zero attached hydrogens (tertiary/aromatic N) is 1. The molecule has 0 radical (unpaired) electrons. The summed E-state index contributed by atoms with van der Waals surface area (Å²) in [4.78, 5) is 13.9. The Morgan fingerprint density at radius 3 is 3.00 bits per heavy atom. The van der Waals surface area contributed by atoms with Crippen molar-refractivity contribution in [3.8, 4) is 11.5 Å². The van der Waals surface area contributed by atoms with E-state index in [1.54, 1.807) is 0 Å². The fourth-order valence-electron chi connectivity index (χ4n) is 2.26. The van der Waals surface area contributed by atoms with Gasteiger partial charge in [0.05, 0.1) is 6.54 Å². The Morgan fingerprint density at radius 2 is 2.06 bits per heavy atom. The molecule has 2 aliphatic rings. The van der Waals surface area contributed by atoms with Crippen LogP contribution in [0.15, 0.2) is 18.2 Å². The van der Waals surface area contributed by atoms with Crippen LogP contribution in [0.2, 0.25) is 0 Å². The number of hydrogen-bond donors (Lipinski definition) is 1. The van der Waals surface area contributed by atoms with E-state index in [2.05, 4.69) is 5.32 Å². The number of nitrogens with one attached hydrogen (secondary N) is 1. The summed E-state index contributed by atoms with van der Waals surface area (Å²) in [6, 6.07) is 5.64. The lowest BCUT2D eigenvalue weighted by Gasteiger charge is -2.25. The third kappa shape index (κ3) is 2.13. The molecule has 2 heterocycles. The Balaban J connectivity index is 1.85. The second-order valence-electron chi connectivity index (χ2n) is 4.47. The van der Waals surface area contributed by atoms with Gasteiger partial charge in [-0.1, -0.05) is 0 Å². The molecule has 0 spiro atoms. The second kappa shape index (κ2) is 4.86. The number of ether oxygens (including phenoxy) is 2. The van der Waals surface area contributed by atoms with Gasteiger partial charge >= 0.3 is 0 Å². The lowest BCUT2D eigenvalue weighted by molar-refractivity contribution is -0.118. The van der Waals surface area contributed by atoms with Crippen molar-refractivity contribution in [3.63, 3.8) is 0 Å². The molecule has 96 valence electrons. The van der Waals surface area contributed by atoms with Crippen molar-refractivity contribution in [2.24, 2.45) is 0 Å². The van der Waals surface area contributed by atoms with Crippen molar-refractivity contribution in [1.29, 1.82) is 0 Å². The zero-order valence-electron chi connectivity index (χ0n) is 10.1. The van der Waals surface area contributed by atoms with E-state index in [0.717, 1.165) is 43.1 Å². The Bertz CT molecular complexity index is 462. The number of carbonyl (C=O) groups excluding carboxylic acids is 1. The Kier molecular flexibility index (Phi) is 3.06. The quantitative estimate of drug-likeness (QED) is 0.809. The first kappa shape index (κ1) is 11.3. The van der Waals surface area contributed by atoms with Crippen LogP contribution in [0.1, 0.15) is 12.8 Å². The monoisotopic (exact) mass is 248 g/mol. The molecule has 5 nitrogen and oxygen atoms in total. The molecule has 1 fully saturated rings. The van der Waals surface area contributed by atoms with Crippen LogP contribution < -0.4 is 19.7 Å². The van der Waals surface area contributed by atoms with E-state index in [1.165, 1.54) is 0 Å². The summed E-state index contributed by atoms with van der Waals surface area (Å²) in [7, 11) is 0. The Labute approximate surface area is 106 Å². The molecular formula is C13H16N2O3. The number of fused-ring (bicyclic) bond motifs is 1. The fourth-order valence-corrected chi connectivity index (χ4v) is 2.26. The molecule has 1 N–H and O–H groups in total. The summed E-state index contributed by atoms with van der Waals surface area (Å²) in [6.45, 7) is 2.34. The summed E-state index contributed by atoms with van der Waals surface area (Å²) in [5, 5.41) is 3.14. The van der Waals surface area contributed by atoms with E-state index >= 15 is 0 Å². The predicted molar refractivity (Wildman–Crippen MR) is 67.0 cm³/mol. The van der Waals surface area contributed by atoms with Crippen LogP contribution in [0.25, 0.3) is 0 Å². The number of anilines is 1. The summed E-state index contributed by atoms with van der Waals surface area (Å²) in [5.74, 6) is 1.57. The minimum atomic E-state index is 0.105. The Hall–Kier alpha value is -1.75. The molecule has 0 saturated carbocycles. The molecule has 18 heavy (non-hydrogen) atoms. The highest BCUT2D eigenvalue weighted by Crippen LogP contribution is 2.35. The number of carbonyl (C=O) groups is 1. The van der Waals surface area contributed by atoms with Crippen LogP contribution in [0, 0.1) is 0 Å². The zero-order valence-corrected chi connectivity index (χ0v) is 10.1. The molecule has 0 bridgehead atoms. The van der Waals surface area contributed by atoms with Crippen LogP contribution in [-0.2, 0) is 4.79 Å². The van der Waals surface area contributed by atoms with Gasteiger partial charge < -0.3 is 19.7 Å². The van der Waals surface area contributed by atoms with Gasteiger partial charge in [-0.25, -0.2) is 0 Å². The molecule has 0 unspecified atom stereocenters. The van der Waals surface area contributed by atoms with Crippen molar-refractivity contribution >= 4 is 11.6 Å². The maximum absolute atomic E-state index is 12.1. The Morgan fingerprint density at radius 1 is 1.17 bits per heavy atom. The lowest BCUT2D eigenvalue weighted by Crippen LogP contribution is -2.41. The molecule has 1 amide bonds. The average Bonchev–Trinajstić information content (AvgIpc) is 2.81. The van der Waals surface area contributed by atoms with E-state index in [4.69, 9.17) is 9.47 Å². The molecule has 1 aromatic rings. The fraction of sp³-hybridized carbons (Fsp3) is 0.462. The van der Waals surface area contributed by atoms with Crippen molar-refractivity contribution in [2.45, 2.75) is 12.8 Å². The third-order valence-electron chi connectivity index (χ3n) is 3.23. The summed E-state index contributed by atoms with van der Waals surface area (Å²) in [6.07, 6.45) is 2.10. The van der Waals surface area contributed by atoms with Crippen molar-refractivity contribution in [2.75, 3.05) is 31.3 Å². The smallest absolute Gasteiger partial charge is 0.240 e. The molecule has 5 heteroatoms. The molecule has 0 aliphatic carbocycles. The van der Waals surface area contributed by atoms with E-state index in [9.17, 15) is 4.79 Å². The van der Waals surface area contributed by atoms with Crippen molar-refractivity contribution < 1.29 is 14.3 Å². The molecular weight excluding hydrogens is 232 g/mol. The van der Waals surface area contributed by atoms with E-state index < -0.39 is 0 Å². The first-order valence-electron chi connectivity index (χ1n) is 6.25. The minimum Gasteiger partial charge on any atom is -0.454 e. The minimum absolute atomic E-state index is 0.105. The van der Waals surface area contributed by atoms with Crippen LogP contribution in [-0.4, -0.2) is 32.3 Å². The third-order valence-corrected chi connectivity index (χ3v) is 3.23. The maximum Gasteiger partial charge on any atom is 0.240 e. The van der Waals surface area contributed by atoms with Gasteiger partial charge in [0.25, 0.3) is 0 Å². The van der Waals surface area contributed by atoms with Crippen molar-refractivity contribution in [3.05, 3.63) is 18.2 Å². The maximum atomic E-state index is 12.1. The molecule has 2 aliphatic heterocycles. The van der Waals surface area contributed by atoms with Gasteiger partial charge in [-0.15, -0.1) is 0 Å². The molecule has 0 atom stereocenters. The normalized spacial score (nSPS) is 19.6. The highest BCUT2D eigenvalue weighted by Gasteiger charge is 2.20. The summed E-state index contributed by atoms with van der Waals surface area (Å²) in [5.41, 5.74) is 0.882. The number of benzene rings is 1. The topological polar surface area (TPSA) is 50.8 Å². The molecule has 3 rings (SSSR count). The number of amides is 1. The van der Waals surface area contributed by atoms with Gasteiger partial charge in [0.2, 0.25) is 12.7 Å². The summed E-state index contributed by atoms with van der Waals surface area (Å²) < 4.78 is 10.6. The van der Waals surface area contributed by atoms with Crippen LogP contribution >= 0.6 is 0 Å². The zero-order chi connectivity index (χ0) is 12.4. The molecule has 1 aromatic carbocycles. The van der Waals surface area contributed by atoms with Crippen LogP contribution in [0.3, 0.4) is 0 Å². The highest BCUT2D eigenvalue weighted by molar-refractivity contribution is 5.95. The van der Waals surface area contributed by atoms with Crippen LogP contribution in [0.4, 0.5) is 5.69 Å². The van der Waals surface area contributed by atoms with E-state index in [1.807, 2.05) is 23.1 Å². The van der Waals surface area contributed by atoms with Gasteiger partial charge in [0.15, 0.2) is 11.5 Å². The van der Waals surface area contributed by atoms with Gasteiger partial charge in [0, 0.05) is 18.3 Å². The van der Waals surface area contributed by atoms with E-state index in [0.29, 0.717) is 6.54 Å². The predicted octanol–water partition coefficient (Wildman–Crippen LogP) is 1.13. The second-order valence-corrected chi connectivity index (χ2v) is 4.47. The van der Waals surface area contributed by atoms with Gasteiger partial charge in [0.1, 0.15) is 0 Å². The standard InChI is InChI=1S/C13H16N2O3/c16-13-8-14-5-1-2-6-15(13)10-3-4-11-12(7-10)18-9-17-11/h3-4,7,14H,1-2,5-6,8-9H2. The molecule has 0 aromatic heterocycles. The average molecular weight is 248 g/mol. The highest BCUT2D eigenvalue weighted by atomic mass is 16.7. The first-order valence-corrected chi connectivity index (χ1v) is 6.25. The number of rotatable bonds is 1. The largest absolute Gasteiger partial charge is 0.454 e. The van der Waals surface area contributed by atoms with Gasteiger partial charge in [-0.3, -0.25) is 4.79 Å². The van der Waals surface area contributed by atoms with Crippen molar-refractivity contribution in [1.82, 2.24) is 5.32 Å². The SMILES string of the molecule is O=C1CNCCCCN1c1ccc2c(c1)OCO2. The molecule has 1 saturated heterocycles. The summed E-state index contributed by atoms with van der Waals surface area (Å²) >= 11 is 0. The lowest BCUT2D eigenvalue weighted by atomic mass is 10.2. The number of hydrogen-bond acceptors (Lipinski definition) is 4.